The van der Waals surface area contributed by atoms with Gasteiger partial charge in [0.25, 0.3) is 0 Å². The van der Waals surface area contributed by atoms with E-state index in [0.717, 1.165) is 5.69 Å². The summed E-state index contributed by atoms with van der Waals surface area (Å²) in [6.45, 7) is 0. The number of para-hydroxylation sites is 1. The maximum absolute atomic E-state index is 8.78. The van der Waals surface area contributed by atoms with Gasteiger partial charge in [0.15, 0.2) is 0 Å². The molecule has 0 spiro atoms. The lowest BCUT2D eigenvalue weighted by atomic mass is 10.2. The molecule has 4 N–H and O–H groups in total. The predicted molar refractivity (Wildman–Crippen MR) is 59.8 cm³/mol. The summed E-state index contributed by atoms with van der Waals surface area (Å²) >= 11 is 0. The Labute approximate surface area is 86.9 Å². The monoisotopic (exact) mass is 205 g/mol. The van der Waals surface area contributed by atoms with E-state index in [2.05, 4.69) is 16.3 Å². The Kier molecular flexibility index (Phi) is 3.91. The van der Waals surface area contributed by atoms with E-state index in [4.69, 9.17) is 9.90 Å². The molecule has 5 nitrogen and oxygen atoms in total. The molecule has 1 heterocycles. The average molecular weight is 205 g/mol. The Morgan fingerprint density at radius 1 is 1.40 bits per heavy atom. The van der Waals surface area contributed by atoms with Crippen molar-refractivity contribution >= 4 is 24.1 Å². The molecular weight excluding hydrogens is 194 g/mol. The van der Waals surface area contributed by atoms with E-state index in [1.807, 2.05) is 36.4 Å². The van der Waals surface area contributed by atoms with Crippen LogP contribution in [-0.4, -0.2) is 17.4 Å². The molecule has 15 heavy (non-hydrogen) atoms. The standard InChI is InChI=1S/C9H8N2.CH3NO2/c1-2-6-9-8(4-1)5-3-7-10-11-9;2-1(3)4/h1-7,11H;2H2,(H,3,4). The minimum Gasteiger partial charge on any atom is -0.465 e. The van der Waals surface area contributed by atoms with Gasteiger partial charge in [-0.15, -0.1) is 0 Å². The Bertz CT molecular complexity index is 395. The van der Waals surface area contributed by atoms with Gasteiger partial charge in [-0.2, -0.15) is 5.10 Å². The van der Waals surface area contributed by atoms with E-state index in [1.165, 1.54) is 5.56 Å². The van der Waals surface area contributed by atoms with Crippen molar-refractivity contribution < 1.29 is 9.90 Å². The second kappa shape index (κ2) is 5.43. The smallest absolute Gasteiger partial charge is 0.402 e. The van der Waals surface area contributed by atoms with Crippen molar-refractivity contribution in [2.24, 2.45) is 10.8 Å². The lowest BCUT2D eigenvalue weighted by molar-refractivity contribution is 0.205. The van der Waals surface area contributed by atoms with Crippen LogP contribution in [0.4, 0.5) is 10.5 Å². The largest absolute Gasteiger partial charge is 0.465 e. The maximum Gasteiger partial charge on any atom is 0.402 e. The summed E-state index contributed by atoms with van der Waals surface area (Å²) in [6.07, 6.45) is 4.34. The molecule has 0 radical (unpaired) electrons. The zero-order valence-corrected chi connectivity index (χ0v) is 7.92. The minimum absolute atomic E-state index is 1.05. The normalized spacial score (nSPS) is 11.5. The summed E-state index contributed by atoms with van der Waals surface area (Å²) in [7, 11) is 0. The number of carboxylic acid groups (broad SMARTS) is 1. The molecule has 0 aliphatic carbocycles. The zero-order chi connectivity index (χ0) is 11.1. The number of amides is 1. The Morgan fingerprint density at radius 2 is 2.07 bits per heavy atom. The fourth-order valence-corrected chi connectivity index (χ4v) is 1.04. The number of primary amides is 1. The van der Waals surface area contributed by atoms with E-state index in [9.17, 15) is 0 Å². The van der Waals surface area contributed by atoms with Crippen LogP contribution >= 0.6 is 0 Å². The van der Waals surface area contributed by atoms with Crippen LogP contribution in [0.25, 0.3) is 6.08 Å². The van der Waals surface area contributed by atoms with Gasteiger partial charge in [0.05, 0.1) is 5.69 Å². The van der Waals surface area contributed by atoms with E-state index >= 15 is 0 Å². The van der Waals surface area contributed by atoms with Crippen molar-refractivity contribution in [2.45, 2.75) is 0 Å². The molecule has 0 bridgehead atoms. The number of benzene rings is 1. The number of rotatable bonds is 0. The SMILES string of the molecule is C1=Cc2ccccc2NN=C1.NC(=O)O. The van der Waals surface area contributed by atoms with Crippen molar-refractivity contribution in [3.05, 3.63) is 35.9 Å². The third kappa shape index (κ3) is 3.95. The van der Waals surface area contributed by atoms with Crippen molar-refractivity contribution in [3.63, 3.8) is 0 Å². The first-order valence-corrected chi connectivity index (χ1v) is 4.23. The number of allylic oxidation sites excluding steroid dienone is 1. The number of nitrogens with zero attached hydrogens (tertiary/aromatic N) is 1. The molecule has 0 unspecified atom stereocenters. The fourth-order valence-electron chi connectivity index (χ4n) is 1.04. The number of nitrogens with one attached hydrogen (secondary N) is 1. The van der Waals surface area contributed by atoms with E-state index in [1.54, 1.807) is 6.21 Å². The topological polar surface area (TPSA) is 87.7 Å². The minimum atomic E-state index is -1.33. The van der Waals surface area contributed by atoms with Gasteiger partial charge in [0, 0.05) is 6.21 Å². The van der Waals surface area contributed by atoms with Gasteiger partial charge in [-0.25, -0.2) is 4.79 Å². The summed E-state index contributed by atoms with van der Waals surface area (Å²) in [6, 6.07) is 8.05. The first kappa shape index (κ1) is 10.8. The highest BCUT2D eigenvalue weighted by molar-refractivity contribution is 5.83. The quantitative estimate of drug-likeness (QED) is 0.602. The highest BCUT2D eigenvalue weighted by Crippen LogP contribution is 2.17. The third-order valence-corrected chi connectivity index (χ3v) is 1.58. The molecule has 0 aromatic heterocycles. The molecule has 0 fully saturated rings. The van der Waals surface area contributed by atoms with Crippen LogP contribution in [0.15, 0.2) is 35.4 Å². The van der Waals surface area contributed by atoms with Crippen molar-refractivity contribution in [1.29, 1.82) is 0 Å². The second-order valence-corrected chi connectivity index (χ2v) is 2.67. The van der Waals surface area contributed by atoms with Gasteiger partial charge in [-0.1, -0.05) is 24.3 Å². The number of nitrogens with two attached hydrogens (primary N) is 1. The first-order chi connectivity index (χ1) is 7.20. The molecule has 1 amide bonds. The lowest BCUT2D eigenvalue weighted by Gasteiger charge is -2.00. The Hall–Kier alpha value is -2.30. The van der Waals surface area contributed by atoms with Crippen LogP contribution < -0.4 is 11.2 Å². The summed E-state index contributed by atoms with van der Waals surface area (Å²) in [5, 5.41) is 11.1. The zero-order valence-electron chi connectivity index (χ0n) is 7.92. The number of hydrogen-bond donors (Lipinski definition) is 3. The molecule has 1 aliphatic heterocycles. The second-order valence-electron chi connectivity index (χ2n) is 2.67. The lowest BCUT2D eigenvalue weighted by Crippen LogP contribution is -2.03. The molecule has 2 rings (SSSR count). The van der Waals surface area contributed by atoms with Gasteiger partial charge in [-0.05, 0) is 17.7 Å². The summed E-state index contributed by atoms with van der Waals surface area (Å²) < 4.78 is 0. The molecule has 0 saturated carbocycles. The summed E-state index contributed by atoms with van der Waals surface area (Å²) in [4.78, 5) is 8.78. The van der Waals surface area contributed by atoms with Crippen LogP contribution in [0.3, 0.4) is 0 Å². The van der Waals surface area contributed by atoms with Gasteiger partial charge in [-0.3, -0.25) is 5.43 Å². The molecule has 78 valence electrons. The number of anilines is 1. The van der Waals surface area contributed by atoms with Crippen LogP contribution in [0.1, 0.15) is 5.56 Å². The van der Waals surface area contributed by atoms with Crippen LogP contribution in [0, 0.1) is 0 Å². The molecule has 0 atom stereocenters. The highest BCUT2D eigenvalue weighted by Gasteiger charge is 1.96. The Morgan fingerprint density at radius 3 is 2.80 bits per heavy atom. The van der Waals surface area contributed by atoms with Gasteiger partial charge < -0.3 is 10.8 Å². The summed E-state index contributed by atoms with van der Waals surface area (Å²) in [5.41, 5.74) is 9.18. The highest BCUT2D eigenvalue weighted by atomic mass is 16.4. The Balaban J connectivity index is 0.000000245. The fraction of sp³-hybridized carbons (Fsp3) is 0. The molecule has 1 aliphatic rings. The number of hydrogen-bond acceptors (Lipinski definition) is 3. The summed E-state index contributed by atoms with van der Waals surface area (Å²) in [5.74, 6) is 0. The molecule has 0 saturated heterocycles. The molecular formula is C10H11N3O2. The van der Waals surface area contributed by atoms with E-state index < -0.39 is 6.09 Å². The van der Waals surface area contributed by atoms with Crippen LogP contribution in [0.5, 0.6) is 0 Å². The number of fused-ring (bicyclic) bond motifs is 1. The van der Waals surface area contributed by atoms with Crippen molar-refractivity contribution in [1.82, 2.24) is 0 Å². The number of carbonyl (C=O) groups is 1. The average Bonchev–Trinajstić information content (AvgIpc) is 2.41. The molecule has 1 aromatic rings. The molecule has 5 heteroatoms. The van der Waals surface area contributed by atoms with E-state index in [0.29, 0.717) is 0 Å². The van der Waals surface area contributed by atoms with Crippen molar-refractivity contribution in [2.75, 3.05) is 5.43 Å². The maximum atomic E-state index is 8.78. The van der Waals surface area contributed by atoms with Gasteiger partial charge in [0.2, 0.25) is 0 Å². The number of hydrazone groups is 1. The van der Waals surface area contributed by atoms with Crippen LogP contribution in [-0.2, 0) is 0 Å². The first-order valence-electron chi connectivity index (χ1n) is 4.23. The van der Waals surface area contributed by atoms with Gasteiger partial charge >= 0.3 is 6.09 Å². The molecule has 1 aromatic carbocycles. The van der Waals surface area contributed by atoms with Crippen molar-refractivity contribution in [3.8, 4) is 0 Å². The van der Waals surface area contributed by atoms with Gasteiger partial charge in [0.1, 0.15) is 0 Å². The van der Waals surface area contributed by atoms with E-state index in [-0.39, 0.29) is 0 Å². The third-order valence-electron chi connectivity index (χ3n) is 1.58. The predicted octanol–water partition coefficient (Wildman–Crippen LogP) is 1.73. The van der Waals surface area contributed by atoms with Crippen LogP contribution in [0.2, 0.25) is 0 Å².